The van der Waals surface area contributed by atoms with Crippen LogP contribution in [0.2, 0.25) is 0 Å². The molecule has 0 saturated heterocycles. The third-order valence-electron chi connectivity index (χ3n) is 3.91. The largest absolute Gasteiger partial charge is 0.384 e. The van der Waals surface area contributed by atoms with Gasteiger partial charge < -0.3 is 10.6 Å². The van der Waals surface area contributed by atoms with Crippen LogP contribution in [0, 0.1) is 12.3 Å². The third kappa shape index (κ3) is 2.27. The number of nitrogen functional groups attached to an aromatic ring is 1. The number of hydrogen-bond acceptors (Lipinski definition) is 2. The SMILES string of the molecule is Cc1ccc(C(=N)N)c(N2CCc3ccccc3C2)c1. The van der Waals surface area contributed by atoms with Crippen molar-refractivity contribution in [3.8, 4) is 0 Å². The number of aryl methyl sites for hydroxylation is 1. The van der Waals surface area contributed by atoms with E-state index in [4.69, 9.17) is 11.1 Å². The van der Waals surface area contributed by atoms with Gasteiger partial charge in [0.05, 0.1) is 0 Å². The predicted octanol–water partition coefficient (Wildman–Crippen LogP) is 2.84. The maximum absolute atomic E-state index is 7.76. The molecule has 0 spiro atoms. The summed E-state index contributed by atoms with van der Waals surface area (Å²) in [6.07, 6.45) is 1.04. The van der Waals surface area contributed by atoms with Crippen LogP contribution in [0.3, 0.4) is 0 Å². The molecule has 0 saturated carbocycles. The highest BCUT2D eigenvalue weighted by atomic mass is 15.1. The van der Waals surface area contributed by atoms with Gasteiger partial charge in [0.25, 0.3) is 0 Å². The van der Waals surface area contributed by atoms with Gasteiger partial charge in [-0.15, -0.1) is 0 Å². The maximum atomic E-state index is 7.76. The molecule has 0 fully saturated rings. The van der Waals surface area contributed by atoms with Crippen LogP contribution in [0.5, 0.6) is 0 Å². The summed E-state index contributed by atoms with van der Waals surface area (Å²) in [7, 11) is 0. The van der Waals surface area contributed by atoms with Crippen LogP contribution in [0.15, 0.2) is 42.5 Å². The van der Waals surface area contributed by atoms with E-state index >= 15 is 0 Å². The molecule has 0 bridgehead atoms. The molecule has 0 atom stereocenters. The van der Waals surface area contributed by atoms with Gasteiger partial charge in [-0.1, -0.05) is 30.3 Å². The second-order valence-corrected chi connectivity index (χ2v) is 5.37. The first-order valence-electron chi connectivity index (χ1n) is 6.92. The van der Waals surface area contributed by atoms with Gasteiger partial charge in [-0.05, 0) is 42.2 Å². The van der Waals surface area contributed by atoms with Crippen LogP contribution >= 0.6 is 0 Å². The number of hydrogen-bond donors (Lipinski definition) is 2. The molecule has 2 aromatic rings. The van der Waals surface area contributed by atoms with Crippen LogP contribution in [0.4, 0.5) is 5.69 Å². The molecule has 102 valence electrons. The van der Waals surface area contributed by atoms with Gasteiger partial charge in [-0.2, -0.15) is 0 Å². The number of anilines is 1. The van der Waals surface area contributed by atoms with Crippen molar-refractivity contribution in [2.24, 2.45) is 5.73 Å². The van der Waals surface area contributed by atoms with E-state index in [1.54, 1.807) is 0 Å². The number of nitrogens with zero attached hydrogens (tertiary/aromatic N) is 1. The molecular weight excluding hydrogens is 246 g/mol. The van der Waals surface area contributed by atoms with E-state index in [9.17, 15) is 0 Å². The first-order chi connectivity index (χ1) is 9.65. The van der Waals surface area contributed by atoms with E-state index < -0.39 is 0 Å². The second kappa shape index (κ2) is 5.00. The molecule has 0 amide bonds. The molecule has 3 nitrogen and oxygen atoms in total. The van der Waals surface area contributed by atoms with Crippen LogP contribution in [-0.4, -0.2) is 12.4 Å². The molecule has 2 aromatic carbocycles. The Bertz CT molecular complexity index is 661. The van der Waals surface area contributed by atoms with Crippen molar-refractivity contribution in [1.82, 2.24) is 0 Å². The molecule has 0 unspecified atom stereocenters. The number of rotatable bonds is 2. The van der Waals surface area contributed by atoms with Crippen molar-refractivity contribution in [2.45, 2.75) is 19.9 Å². The van der Waals surface area contributed by atoms with E-state index in [0.29, 0.717) is 0 Å². The average Bonchev–Trinajstić information content (AvgIpc) is 2.46. The fourth-order valence-corrected chi connectivity index (χ4v) is 2.83. The highest BCUT2D eigenvalue weighted by Gasteiger charge is 2.19. The van der Waals surface area contributed by atoms with Crippen molar-refractivity contribution < 1.29 is 0 Å². The minimum Gasteiger partial charge on any atom is -0.384 e. The fourth-order valence-electron chi connectivity index (χ4n) is 2.83. The summed E-state index contributed by atoms with van der Waals surface area (Å²) in [4.78, 5) is 2.33. The monoisotopic (exact) mass is 265 g/mol. The lowest BCUT2D eigenvalue weighted by atomic mass is 9.98. The van der Waals surface area contributed by atoms with Crippen LogP contribution < -0.4 is 10.6 Å². The lowest BCUT2D eigenvalue weighted by Crippen LogP contribution is -2.32. The van der Waals surface area contributed by atoms with Crippen molar-refractivity contribution in [1.29, 1.82) is 5.41 Å². The van der Waals surface area contributed by atoms with Crippen LogP contribution in [-0.2, 0) is 13.0 Å². The summed E-state index contributed by atoms with van der Waals surface area (Å²) in [5.74, 6) is 0.138. The van der Waals surface area contributed by atoms with Gasteiger partial charge in [-0.25, -0.2) is 0 Å². The molecule has 20 heavy (non-hydrogen) atoms. The Morgan fingerprint density at radius 3 is 2.65 bits per heavy atom. The van der Waals surface area contributed by atoms with Crippen molar-refractivity contribution in [3.05, 3.63) is 64.7 Å². The summed E-state index contributed by atoms with van der Waals surface area (Å²) >= 11 is 0. The molecule has 1 heterocycles. The van der Waals surface area contributed by atoms with Gasteiger partial charge in [0.2, 0.25) is 0 Å². The minimum atomic E-state index is 0.138. The molecular formula is C17H19N3. The molecule has 3 rings (SSSR count). The highest BCUT2D eigenvalue weighted by molar-refractivity contribution is 6.00. The van der Waals surface area contributed by atoms with Crippen LogP contribution in [0.25, 0.3) is 0 Å². The van der Waals surface area contributed by atoms with Crippen LogP contribution in [0.1, 0.15) is 22.3 Å². The second-order valence-electron chi connectivity index (χ2n) is 5.37. The average molecular weight is 265 g/mol. The molecule has 3 heteroatoms. The summed E-state index contributed by atoms with van der Waals surface area (Å²) in [5, 5.41) is 7.76. The third-order valence-corrected chi connectivity index (χ3v) is 3.91. The number of nitrogens with two attached hydrogens (primary N) is 1. The molecule has 1 aliphatic heterocycles. The van der Waals surface area contributed by atoms with E-state index in [2.05, 4.69) is 42.2 Å². The van der Waals surface area contributed by atoms with Gasteiger partial charge >= 0.3 is 0 Å². The van der Waals surface area contributed by atoms with Crippen molar-refractivity contribution >= 4 is 11.5 Å². The highest BCUT2D eigenvalue weighted by Crippen LogP contribution is 2.28. The van der Waals surface area contributed by atoms with Gasteiger partial charge in [0.1, 0.15) is 5.84 Å². The number of fused-ring (bicyclic) bond motifs is 1. The van der Waals surface area contributed by atoms with E-state index in [0.717, 1.165) is 30.8 Å². The zero-order valence-electron chi connectivity index (χ0n) is 11.7. The zero-order valence-corrected chi connectivity index (χ0v) is 11.7. The van der Waals surface area contributed by atoms with Crippen molar-refractivity contribution in [3.63, 3.8) is 0 Å². The summed E-state index contributed by atoms with van der Waals surface area (Å²) < 4.78 is 0. The predicted molar refractivity (Wildman–Crippen MR) is 83.4 cm³/mol. The molecule has 0 radical (unpaired) electrons. The molecule has 0 aromatic heterocycles. The first kappa shape index (κ1) is 12.7. The summed E-state index contributed by atoms with van der Waals surface area (Å²) in [6, 6.07) is 14.7. The van der Waals surface area contributed by atoms with E-state index in [1.165, 1.54) is 16.7 Å². The van der Waals surface area contributed by atoms with Gasteiger partial charge in [0, 0.05) is 24.3 Å². The minimum absolute atomic E-state index is 0.138. The Balaban J connectivity index is 1.99. The lowest BCUT2D eigenvalue weighted by Gasteiger charge is -2.32. The Morgan fingerprint density at radius 2 is 1.90 bits per heavy atom. The summed E-state index contributed by atoms with van der Waals surface area (Å²) in [6.45, 7) is 3.94. The normalized spacial score (nSPS) is 13.9. The first-order valence-corrected chi connectivity index (χ1v) is 6.92. The van der Waals surface area contributed by atoms with Crippen molar-refractivity contribution in [2.75, 3.05) is 11.4 Å². The topological polar surface area (TPSA) is 53.1 Å². The number of amidine groups is 1. The van der Waals surface area contributed by atoms with Gasteiger partial charge in [-0.3, -0.25) is 5.41 Å². The quantitative estimate of drug-likeness (QED) is 0.648. The smallest absolute Gasteiger partial charge is 0.124 e. The Kier molecular flexibility index (Phi) is 3.18. The maximum Gasteiger partial charge on any atom is 0.124 e. The number of nitrogens with one attached hydrogen (secondary N) is 1. The fraction of sp³-hybridized carbons (Fsp3) is 0.235. The Morgan fingerprint density at radius 1 is 1.15 bits per heavy atom. The van der Waals surface area contributed by atoms with E-state index in [-0.39, 0.29) is 5.84 Å². The lowest BCUT2D eigenvalue weighted by molar-refractivity contribution is 0.731. The molecule has 1 aliphatic rings. The molecule has 3 N–H and O–H groups in total. The summed E-state index contributed by atoms with van der Waals surface area (Å²) in [5.41, 5.74) is 11.6. The molecule has 0 aliphatic carbocycles. The zero-order chi connectivity index (χ0) is 14.1. The number of benzene rings is 2. The standard InChI is InChI=1S/C17H19N3/c1-12-6-7-15(17(18)19)16(10-12)20-9-8-13-4-2-3-5-14(13)11-20/h2-7,10H,8-9,11H2,1H3,(H3,18,19). The van der Waals surface area contributed by atoms with E-state index in [1.807, 2.05) is 12.1 Å². The Labute approximate surface area is 119 Å². The van der Waals surface area contributed by atoms with Gasteiger partial charge in [0.15, 0.2) is 0 Å². The Hall–Kier alpha value is -2.29.